The first kappa shape index (κ1) is 15.9. The molecule has 0 N–H and O–H groups in total. The van der Waals surface area contributed by atoms with Crippen molar-refractivity contribution >= 4 is 36.7 Å². The maximum Gasteiger partial charge on any atom is 0.246 e. The number of carbonyl (C=O) groups excluding carboxylic acids is 2. The minimum absolute atomic E-state index is 0.0124. The lowest BCUT2D eigenvalue weighted by atomic mass is 9.79. The molecule has 1 aromatic rings. The predicted molar refractivity (Wildman–Crippen MR) is 93.6 cm³/mol. The minimum atomic E-state index is -0.433. The van der Waals surface area contributed by atoms with Crippen LogP contribution in [0.2, 0.25) is 6.82 Å². The second-order valence-corrected chi connectivity index (χ2v) is 7.54. The summed E-state index contributed by atoms with van der Waals surface area (Å²) in [7, 11) is 1.85. The first-order valence-corrected chi connectivity index (χ1v) is 9.65. The molecule has 1 aliphatic carbocycles. The van der Waals surface area contributed by atoms with Gasteiger partial charge in [0.2, 0.25) is 13.3 Å². The Morgan fingerprint density at radius 1 is 1.33 bits per heavy atom. The van der Waals surface area contributed by atoms with E-state index in [4.69, 9.17) is 0 Å². The second kappa shape index (κ2) is 5.76. The highest BCUT2D eigenvalue weighted by Gasteiger charge is 2.54. The summed E-state index contributed by atoms with van der Waals surface area (Å²) in [5, 5.41) is 0.646. The van der Waals surface area contributed by atoms with Crippen molar-refractivity contribution in [2.45, 2.75) is 55.7 Å². The Hall–Kier alpha value is -1.57. The number of carbonyl (C=O) groups is 2. The number of piperazine rings is 1. The van der Waals surface area contributed by atoms with Gasteiger partial charge in [0.25, 0.3) is 0 Å². The molecular weight excluding hydrogens is 323 g/mol. The van der Waals surface area contributed by atoms with Gasteiger partial charge in [0.15, 0.2) is 10.9 Å². The Kier molecular flexibility index (Phi) is 3.82. The van der Waals surface area contributed by atoms with E-state index >= 15 is 0 Å². The molecule has 8 heteroatoms. The van der Waals surface area contributed by atoms with Gasteiger partial charge in [-0.3, -0.25) is 9.59 Å². The van der Waals surface area contributed by atoms with Gasteiger partial charge in [0, 0.05) is 19.2 Å². The van der Waals surface area contributed by atoms with E-state index in [1.165, 1.54) is 11.8 Å². The average molecular weight is 343 g/mol. The Morgan fingerprint density at radius 2 is 2.08 bits per heavy atom. The molecule has 1 atom stereocenters. The smallest absolute Gasteiger partial charge is 0.246 e. The van der Waals surface area contributed by atoms with Crippen molar-refractivity contribution in [2.75, 3.05) is 17.7 Å². The lowest BCUT2D eigenvalue weighted by Crippen LogP contribution is -2.70. The number of amides is 1. The molecule has 2 fully saturated rings. The van der Waals surface area contributed by atoms with Crippen LogP contribution in [0.1, 0.15) is 42.5 Å². The van der Waals surface area contributed by atoms with Crippen LogP contribution in [0.25, 0.3) is 0 Å². The van der Waals surface area contributed by atoms with E-state index in [1.807, 2.05) is 20.5 Å². The number of anilines is 1. The van der Waals surface area contributed by atoms with Gasteiger partial charge < -0.3 is 9.71 Å². The van der Waals surface area contributed by atoms with Gasteiger partial charge in [-0.2, -0.15) is 0 Å². The summed E-state index contributed by atoms with van der Waals surface area (Å²) in [6, 6.07) is -0.433. The molecule has 4 rings (SSSR count). The molecule has 1 unspecified atom stereocenters. The van der Waals surface area contributed by atoms with Crippen molar-refractivity contribution in [3.63, 3.8) is 0 Å². The summed E-state index contributed by atoms with van der Waals surface area (Å²) in [6.45, 7) is 2.58. The summed E-state index contributed by atoms with van der Waals surface area (Å²) in [5.41, 5.74) is 0.460. The monoisotopic (exact) mass is 343 g/mol. The second-order valence-electron chi connectivity index (χ2n) is 6.76. The van der Waals surface area contributed by atoms with E-state index in [0.717, 1.165) is 25.7 Å². The number of hydrogen-bond acceptors (Lipinski definition) is 6. The highest BCUT2D eigenvalue weighted by molar-refractivity contribution is 7.98. The Labute approximate surface area is 146 Å². The third-order valence-electron chi connectivity index (χ3n) is 5.54. The van der Waals surface area contributed by atoms with Crippen LogP contribution in [0, 0.1) is 0 Å². The van der Waals surface area contributed by atoms with Crippen LogP contribution in [-0.2, 0) is 4.79 Å². The standard InChI is InChI=1S/C16H20BN4O2S/c1-17-20-9-16(5-3-4-6-16)21-11(14(20)23)7-12(22)10-8-18-15(24-2)19-13(10)21/h8,11H,3-7,9H2,1-2H3. The van der Waals surface area contributed by atoms with Crippen LogP contribution in [0.3, 0.4) is 0 Å². The highest BCUT2D eigenvalue weighted by atomic mass is 32.2. The fourth-order valence-electron chi connectivity index (χ4n) is 4.43. The summed E-state index contributed by atoms with van der Waals surface area (Å²) in [4.78, 5) is 38.4. The molecule has 1 saturated heterocycles. The normalized spacial score (nSPS) is 25.0. The maximum atomic E-state index is 12.9. The number of Topliss-reactive ketones (excluding diaryl/α,β-unsaturated/α-hetero) is 1. The van der Waals surface area contributed by atoms with E-state index in [2.05, 4.69) is 14.9 Å². The lowest BCUT2D eigenvalue weighted by Gasteiger charge is -2.55. The number of fused-ring (bicyclic) bond motifs is 4. The molecule has 2 aliphatic heterocycles. The molecule has 1 radical (unpaired) electrons. The number of thioether (sulfide) groups is 1. The van der Waals surface area contributed by atoms with E-state index in [0.29, 0.717) is 23.1 Å². The fraction of sp³-hybridized carbons (Fsp3) is 0.625. The van der Waals surface area contributed by atoms with Crippen LogP contribution in [0.15, 0.2) is 11.4 Å². The number of rotatable bonds is 2. The fourth-order valence-corrected chi connectivity index (χ4v) is 4.76. The predicted octanol–water partition coefficient (Wildman–Crippen LogP) is 1.78. The molecule has 0 bridgehead atoms. The summed E-state index contributed by atoms with van der Waals surface area (Å²) in [5.74, 6) is 0.651. The van der Waals surface area contributed by atoms with Crippen molar-refractivity contribution < 1.29 is 9.59 Å². The number of nitrogens with zero attached hydrogens (tertiary/aromatic N) is 4. The third kappa shape index (κ3) is 2.19. The van der Waals surface area contributed by atoms with Crippen molar-refractivity contribution in [2.24, 2.45) is 0 Å². The molecule has 3 aliphatic rings. The molecular formula is C16H20BN4O2S. The van der Waals surface area contributed by atoms with Gasteiger partial charge in [-0.25, -0.2) is 9.97 Å². The van der Waals surface area contributed by atoms with Crippen molar-refractivity contribution in [3.05, 3.63) is 11.8 Å². The zero-order valence-corrected chi connectivity index (χ0v) is 14.8. The van der Waals surface area contributed by atoms with E-state index in [1.54, 1.807) is 11.0 Å². The molecule has 24 heavy (non-hydrogen) atoms. The minimum Gasteiger partial charge on any atom is -0.387 e. The van der Waals surface area contributed by atoms with Gasteiger partial charge >= 0.3 is 0 Å². The Balaban J connectivity index is 1.88. The molecule has 0 aromatic carbocycles. The lowest BCUT2D eigenvalue weighted by molar-refractivity contribution is -0.131. The maximum absolute atomic E-state index is 12.9. The number of ketones is 1. The van der Waals surface area contributed by atoms with Crippen molar-refractivity contribution in [3.8, 4) is 0 Å². The highest BCUT2D eigenvalue weighted by Crippen LogP contribution is 2.46. The zero-order chi connectivity index (χ0) is 16.9. The van der Waals surface area contributed by atoms with Crippen LogP contribution in [-0.4, -0.2) is 58.3 Å². The molecule has 1 amide bonds. The van der Waals surface area contributed by atoms with E-state index in [9.17, 15) is 9.59 Å². The summed E-state index contributed by atoms with van der Waals surface area (Å²) in [6.07, 6.45) is 8.15. The average Bonchev–Trinajstić information content (AvgIpc) is 3.06. The van der Waals surface area contributed by atoms with Gasteiger partial charge in [-0.1, -0.05) is 31.4 Å². The quantitative estimate of drug-likeness (QED) is 0.463. The van der Waals surface area contributed by atoms with Crippen LogP contribution < -0.4 is 4.90 Å². The van der Waals surface area contributed by atoms with Crippen molar-refractivity contribution in [1.29, 1.82) is 0 Å². The first-order chi connectivity index (χ1) is 11.6. The van der Waals surface area contributed by atoms with Crippen LogP contribution in [0.5, 0.6) is 0 Å². The number of aromatic nitrogens is 2. The van der Waals surface area contributed by atoms with Gasteiger partial charge in [-0.15, -0.1) is 0 Å². The summed E-state index contributed by atoms with van der Waals surface area (Å²) >= 11 is 1.46. The van der Waals surface area contributed by atoms with E-state index < -0.39 is 6.04 Å². The Morgan fingerprint density at radius 3 is 2.75 bits per heavy atom. The van der Waals surface area contributed by atoms with Crippen LogP contribution in [0.4, 0.5) is 5.82 Å². The summed E-state index contributed by atoms with van der Waals surface area (Å²) < 4.78 is 0. The molecule has 1 saturated carbocycles. The molecule has 1 spiro atoms. The largest absolute Gasteiger partial charge is 0.387 e. The third-order valence-corrected chi connectivity index (χ3v) is 6.10. The molecule has 125 valence electrons. The van der Waals surface area contributed by atoms with Crippen molar-refractivity contribution in [1.82, 2.24) is 14.8 Å². The molecule has 1 aromatic heterocycles. The van der Waals surface area contributed by atoms with Crippen LogP contribution >= 0.6 is 11.8 Å². The van der Waals surface area contributed by atoms with Gasteiger partial charge in [-0.05, 0) is 19.1 Å². The Bertz CT molecular complexity index is 707. The topological polar surface area (TPSA) is 66.4 Å². The molecule has 6 nitrogen and oxygen atoms in total. The first-order valence-electron chi connectivity index (χ1n) is 8.43. The van der Waals surface area contributed by atoms with Gasteiger partial charge in [0.05, 0.1) is 11.1 Å². The molecule has 3 heterocycles. The number of hydrogen-bond donors (Lipinski definition) is 0. The SMILES string of the molecule is C[B]N1CC2(CCCC2)N2c3nc(SC)ncc3C(=O)CC2C1=O. The van der Waals surface area contributed by atoms with E-state index in [-0.39, 0.29) is 23.7 Å². The zero-order valence-electron chi connectivity index (χ0n) is 14.0. The van der Waals surface area contributed by atoms with Gasteiger partial charge in [0.1, 0.15) is 11.9 Å².